The summed E-state index contributed by atoms with van der Waals surface area (Å²) in [7, 11) is -1.09. The lowest BCUT2D eigenvalue weighted by atomic mass is 10.1. The molecule has 2 aliphatic heterocycles. The molecule has 1 amide bonds. The number of fused-ring (bicyclic) bond motifs is 1. The van der Waals surface area contributed by atoms with Crippen LogP contribution >= 0.6 is 0 Å². The Hall–Kier alpha value is -2.85. The van der Waals surface area contributed by atoms with Crippen molar-refractivity contribution in [3.8, 4) is 11.3 Å². The Labute approximate surface area is 192 Å². The molecule has 0 bridgehead atoms. The lowest BCUT2D eigenvalue weighted by molar-refractivity contribution is 0.0660. The maximum absolute atomic E-state index is 13.5. The molecule has 8 nitrogen and oxygen atoms in total. The van der Waals surface area contributed by atoms with Gasteiger partial charge in [-0.05, 0) is 50.7 Å². The number of hydrogen-bond acceptors (Lipinski definition) is 6. The molecule has 10 heteroatoms. The highest BCUT2D eigenvalue weighted by Crippen LogP contribution is 2.33. The van der Waals surface area contributed by atoms with E-state index < -0.39 is 9.84 Å². The highest BCUT2D eigenvalue weighted by Gasteiger charge is 2.33. The molecule has 33 heavy (non-hydrogen) atoms. The third kappa shape index (κ3) is 4.13. The molecular formula is C23H26FN5O3S. The van der Waals surface area contributed by atoms with E-state index in [1.807, 2.05) is 24.6 Å². The Bertz CT molecular complexity index is 1330. The fraction of sp³-hybridized carbons (Fsp3) is 0.435. The van der Waals surface area contributed by atoms with Crippen LogP contribution in [-0.2, 0) is 9.84 Å². The van der Waals surface area contributed by atoms with Gasteiger partial charge in [-0.2, -0.15) is 0 Å². The van der Waals surface area contributed by atoms with Gasteiger partial charge in [0, 0.05) is 31.7 Å². The van der Waals surface area contributed by atoms with Crippen molar-refractivity contribution in [1.82, 2.24) is 24.3 Å². The number of aryl methyl sites for hydroxylation is 1. The number of benzene rings is 1. The minimum absolute atomic E-state index is 0.0508. The third-order valence-corrected chi connectivity index (χ3v) is 8.31. The number of sulfone groups is 1. The number of hydrogen-bond donors (Lipinski definition) is 0. The number of amides is 1. The Morgan fingerprint density at radius 3 is 2.42 bits per heavy atom. The Morgan fingerprint density at radius 2 is 1.79 bits per heavy atom. The maximum atomic E-state index is 13.5. The monoisotopic (exact) mass is 471 g/mol. The van der Waals surface area contributed by atoms with Crippen LogP contribution in [0.15, 0.2) is 30.3 Å². The van der Waals surface area contributed by atoms with Crippen LogP contribution in [-0.4, -0.2) is 83.4 Å². The Kier molecular flexibility index (Phi) is 5.44. The number of rotatable bonds is 3. The van der Waals surface area contributed by atoms with Crippen LogP contribution in [0.1, 0.15) is 28.8 Å². The predicted octanol–water partition coefficient (Wildman–Crippen LogP) is 2.29. The second kappa shape index (κ2) is 8.18. The second-order valence-electron chi connectivity index (χ2n) is 8.91. The number of carbonyl (C=O) groups excluding carboxylic acids is 1. The van der Waals surface area contributed by atoms with Crippen LogP contribution in [0, 0.1) is 12.7 Å². The molecular weight excluding hydrogens is 445 g/mol. The molecule has 174 valence electrons. The highest BCUT2D eigenvalue weighted by atomic mass is 32.2. The molecule has 0 saturated carbocycles. The van der Waals surface area contributed by atoms with Gasteiger partial charge in [0.1, 0.15) is 17.2 Å². The van der Waals surface area contributed by atoms with Gasteiger partial charge in [0.2, 0.25) is 0 Å². The zero-order valence-electron chi connectivity index (χ0n) is 18.7. The first-order valence-electron chi connectivity index (χ1n) is 11.1. The summed E-state index contributed by atoms with van der Waals surface area (Å²) in [4.78, 5) is 26.8. The number of nitrogens with zero attached hydrogens (tertiary/aromatic N) is 5. The van der Waals surface area contributed by atoms with Crippen LogP contribution in [0.25, 0.3) is 22.3 Å². The van der Waals surface area contributed by atoms with E-state index >= 15 is 0 Å². The standard InChI is InChI=1S/C23H26FN5O3S/c1-15-25-21-20(29(15)18-7-12-33(31,32)14-18)13-19(16-3-5-17(24)6-4-16)26-22(21)23(30)28-10-8-27(2)9-11-28/h3-6,13,18H,7-12,14H2,1-2H3. The van der Waals surface area contributed by atoms with Crippen molar-refractivity contribution in [2.24, 2.45) is 0 Å². The molecule has 0 aliphatic carbocycles. The normalized spacial score (nSPS) is 21.1. The number of likely N-dealkylation sites (N-methyl/N-ethyl adjacent to an activating group) is 1. The van der Waals surface area contributed by atoms with Gasteiger partial charge in [-0.3, -0.25) is 4.79 Å². The molecule has 4 heterocycles. The summed E-state index contributed by atoms with van der Waals surface area (Å²) in [6, 6.07) is 7.55. The lowest BCUT2D eigenvalue weighted by Crippen LogP contribution is -2.47. The lowest BCUT2D eigenvalue weighted by Gasteiger charge is -2.32. The summed E-state index contributed by atoms with van der Waals surface area (Å²) in [6.45, 7) is 4.58. The molecule has 3 aromatic rings. The topological polar surface area (TPSA) is 88.4 Å². The summed E-state index contributed by atoms with van der Waals surface area (Å²) >= 11 is 0. The average Bonchev–Trinajstić information content (AvgIpc) is 3.31. The summed E-state index contributed by atoms with van der Waals surface area (Å²) in [5.41, 5.74) is 2.62. The predicted molar refractivity (Wildman–Crippen MR) is 123 cm³/mol. The van der Waals surface area contributed by atoms with E-state index in [0.717, 1.165) is 13.1 Å². The van der Waals surface area contributed by atoms with Crippen LogP contribution in [0.3, 0.4) is 0 Å². The second-order valence-corrected chi connectivity index (χ2v) is 11.1. The molecule has 1 atom stereocenters. The Morgan fingerprint density at radius 1 is 1.09 bits per heavy atom. The SMILES string of the molecule is Cc1nc2c(C(=O)N3CCN(C)CC3)nc(-c3ccc(F)cc3)cc2n1C1CCS(=O)(=O)C1. The molecule has 2 saturated heterocycles. The van der Waals surface area contributed by atoms with E-state index in [9.17, 15) is 17.6 Å². The first kappa shape index (κ1) is 22.0. The van der Waals surface area contributed by atoms with Crippen molar-refractivity contribution in [3.05, 3.63) is 47.7 Å². The average molecular weight is 472 g/mol. The van der Waals surface area contributed by atoms with Crippen molar-refractivity contribution in [3.63, 3.8) is 0 Å². The van der Waals surface area contributed by atoms with Crippen LogP contribution in [0.4, 0.5) is 4.39 Å². The highest BCUT2D eigenvalue weighted by molar-refractivity contribution is 7.91. The van der Waals surface area contributed by atoms with Gasteiger partial charge in [-0.15, -0.1) is 0 Å². The molecule has 0 N–H and O–H groups in total. The smallest absolute Gasteiger partial charge is 0.274 e. The molecule has 2 aromatic heterocycles. The number of aromatic nitrogens is 3. The minimum Gasteiger partial charge on any atom is -0.335 e. The molecule has 2 fully saturated rings. The maximum Gasteiger partial charge on any atom is 0.274 e. The van der Waals surface area contributed by atoms with Crippen molar-refractivity contribution >= 4 is 26.8 Å². The van der Waals surface area contributed by atoms with Gasteiger partial charge in [-0.25, -0.2) is 22.8 Å². The van der Waals surface area contributed by atoms with E-state index in [1.165, 1.54) is 12.1 Å². The quantitative estimate of drug-likeness (QED) is 0.583. The van der Waals surface area contributed by atoms with Gasteiger partial charge in [-0.1, -0.05) is 0 Å². The van der Waals surface area contributed by atoms with Crippen molar-refractivity contribution < 1.29 is 17.6 Å². The first-order valence-corrected chi connectivity index (χ1v) is 12.9. The number of imidazole rings is 1. The first-order chi connectivity index (χ1) is 15.7. The van der Waals surface area contributed by atoms with Gasteiger partial charge < -0.3 is 14.4 Å². The molecule has 0 spiro atoms. The molecule has 1 unspecified atom stereocenters. The number of pyridine rings is 1. The molecule has 1 aromatic carbocycles. The van der Waals surface area contributed by atoms with E-state index in [4.69, 9.17) is 0 Å². The third-order valence-electron chi connectivity index (χ3n) is 6.56. The summed E-state index contributed by atoms with van der Waals surface area (Å²) in [5.74, 6) is 0.290. The summed E-state index contributed by atoms with van der Waals surface area (Å²) in [6.07, 6.45) is 0.505. The molecule has 5 rings (SSSR count). The van der Waals surface area contributed by atoms with Crippen molar-refractivity contribution in [2.75, 3.05) is 44.7 Å². The van der Waals surface area contributed by atoms with Gasteiger partial charge in [0.25, 0.3) is 5.91 Å². The fourth-order valence-electron chi connectivity index (χ4n) is 4.73. The van der Waals surface area contributed by atoms with E-state index in [1.54, 1.807) is 17.0 Å². The van der Waals surface area contributed by atoms with Gasteiger partial charge in [0.15, 0.2) is 15.5 Å². The summed E-state index contributed by atoms with van der Waals surface area (Å²) < 4.78 is 39.8. The van der Waals surface area contributed by atoms with Gasteiger partial charge in [0.05, 0.1) is 28.8 Å². The zero-order valence-corrected chi connectivity index (χ0v) is 19.5. The van der Waals surface area contributed by atoms with Crippen LogP contribution in [0.2, 0.25) is 0 Å². The number of piperazine rings is 1. The minimum atomic E-state index is -3.11. The van der Waals surface area contributed by atoms with Crippen LogP contribution in [0.5, 0.6) is 0 Å². The van der Waals surface area contributed by atoms with Crippen molar-refractivity contribution in [2.45, 2.75) is 19.4 Å². The fourth-order valence-corrected chi connectivity index (χ4v) is 6.43. The summed E-state index contributed by atoms with van der Waals surface area (Å²) in [5, 5.41) is 0. The van der Waals surface area contributed by atoms with Crippen molar-refractivity contribution in [1.29, 1.82) is 0 Å². The van der Waals surface area contributed by atoms with Crippen LogP contribution < -0.4 is 0 Å². The largest absolute Gasteiger partial charge is 0.335 e. The Balaban J connectivity index is 1.67. The van der Waals surface area contributed by atoms with E-state index in [2.05, 4.69) is 14.9 Å². The van der Waals surface area contributed by atoms with Gasteiger partial charge >= 0.3 is 0 Å². The molecule has 0 radical (unpaired) electrons. The molecule has 2 aliphatic rings. The number of halogens is 1. The number of carbonyl (C=O) groups is 1. The zero-order chi connectivity index (χ0) is 23.3. The van der Waals surface area contributed by atoms with E-state index in [0.29, 0.717) is 47.6 Å². The van der Waals surface area contributed by atoms with E-state index in [-0.39, 0.29) is 35.0 Å².